The maximum absolute atomic E-state index is 12.6. The van der Waals surface area contributed by atoms with E-state index in [1.807, 2.05) is 25.1 Å². The molecule has 1 saturated carbocycles. The van der Waals surface area contributed by atoms with Gasteiger partial charge < -0.3 is 5.73 Å². The van der Waals surface area contributed by atoms with Crippen molar-refractivity contribution in [1.29, 1.82) is 0 Å². The van der Waals surface area contributed by atoms with E-state index >= 15 is 0 Å². The molecular weight excluding hydrogens is 230 g/mol. The van der Waals surface area contributed by atoms with Crippen molar-refractivity contribution in [3.63, 3.8) is 0 Å². The number of hydrogen-bond acceptors (Lipinski definition) is 2. The number of rotatable bonds is 2. The molecule has 3 heteroatoms. The van der Waals surface area contributed by atoms with Gasteiger partial charge in [-0.05, 0) is 31.4 Å². The molecule has 0 aromatic heterocycles. The lowest BCUT2D eigenvalue weighted by Gasteiger charge is -2.16. The third-order valence-corrected chi connectivity index (χ3v) is 5.47. The van der Waals surface area contributed by atoms with Gasteiger partial charge >= 0.3 is 0 Å². The van der Waals surface area contributed by atoms with Gasteiger partial charge in [-0.1, -0.05) is 37.8 Å². The molecule has 94 valence electrons. The molecule has 1 aliphatic rings. The maximum Gasteiger partial charge on any atom is 0.0622 e. The number of anilines is 1. The lowest BCUT2D eigenvalue weighted by Crippen LogP contribution is -2.15. The first kappa shape index (κ1) is 12.6. The average Bonchev–Trinajstić information content (AvgIpc) is 2.60. The maximum atomic E-state index is 12.6. The lowest BCUT2D eigenvalue weighted by atomic mass is 10.2. The second-order valence-electron chi connectivity index (χ2n) is 4.90. The summed E-state index contributed by atoms with van der Waals surface area (Å²) in [4.78, 5) is 0.844. The minimum atomic E-state index is -0.928. The summed E-state index contributed by atoms with van der Waals surface area (Å²) in [7, 11) is -0.928. The summed E-state index contributed by atoms with van der Waals surface area (Å²) in [6.07, 6.45) is 7.16. The van der Waals surface area contributed by atoms with Crippen molar-refractivity contribution in [3.8, 4) is 0 Å². The Morgan fingerprint density at radius 2 is 1.82 bits per heavy atom. The van der Waals surface area contributed by atoms with Crippen molar-refractivity contribution in [2.75, 3.05) is 5.73 Å². The van der Waals surface area contributed by atoms with Gasteiger partial charge in [0.25, 0.3) is 0 Å². The Bertz CT molecular complexity index is 409. The fraction of sp³-hybridized carbons (Fsp3) is 0.571. The zero-order chi connectivity index (χ0) is 12.3. The largest absolute Gasteiger partial charge is 0.398 e. The zero-order valence-corrected chi connectivity index (χ0v) is 11.3. The van der Waals surface area contributed by atoms with E-state index in [0.717, 1.165) is 29.0 Å². The molecule has 1 aromatic rings. The van der Waals surface area contributed by atoms with Gasteiger partial charge in [0.2, 0.25) is 0 Å². The summed E-state index contributed by atoms with van der Waals surface area (Å²) in [6.45, 7) is 1.98. The van der Waals surface area contributed by atoms with Gasteiger partial charge in [0.05, 0.1) is 21.4 Å². The molecule has 0 bridgehead atoms. The van der Waals surface area contributed by atoms with E-state index in [0.29, 0.717) is 5.25 Å². The van der Waals surface area contributed by atoms with Crippen molar-refractivity contribution in [2.45, 2.75) is 55.6 Å². The molecule has 2 rings (SSSR count). The topological polar surface area (TPSA) is 43.1 Å². The summed E-state index contributed by atoms with van der Waals surface area (Å²) >= 11 is 0. The van der Waals surface area contributed by atoms with Crippen LogP contribution in [0.25, 0.3) is 0 Å². The molecule has 0 aliphatic heterocycles. The Morgan fingerprint density at radius 3 is 2.47 bits per heavy atom. The predicted octanol–water partition coefficient (Wildman–Crippen LogP) is 3.41. The quantitative estimate of drug-likeness (QED) is 0.646. The number of para-hydroxylation sites is 1. The van der Waals surface area contributed by atoms with Crippen LogP contribution in [0.3, 0.4) is 0 Å². The SMILES string of the molecule is Cc1cccc(S(=O)C2CCCCCC2)c1N. The molecule has 0 radical (unpaired) electrons. The van der Waals surface area contributed by atoms with Crippen molar-refractivity contribution < 1.29 is 4.21 Å². The highest BCUT2D eigenvalue weighted by atomic mass is 32.2. The lowest BCUT2D eigenvalue weighted by molar-refractivity contribution is 0.642. The first-order valence-electron chi connectivity index (χ1n) is 6.46. The second-order valence-corrected chi connectivity index (χ2v) is 6.60. The van der Waals surface area contributed by atoms with E-state index in [2.05, 4.69) is 0 Å². The zero-order valence-electron chi connectivity index (χ0n) is 10.4. The molecule has 0 spiro atoms. The van der Waals surface area contributed by atoms with E-state index in [-0.39, 0.29) is 0 Å². The summed E-state index contributed by atoms with van der Waals surface area (Å²) in [5.41, 5.74) is 7.79. The summed E-state index contributed by atoms with van der Waals surface area (Å²) in [6, 6.07) is 5.85. The fourth-order valence-electron chi connectivity index (χ4n) is 2.46. The van der Waals surface area contributed by atoms with Gasteiger partial charge in [0, 0.05) is 5.25 Å². The second kappa shape index (κ2) is 5.67. The van der Waals surface area contributed by atoms with Crippen LogP contribution < -0.4 is 5.73 Å². The summed E-state index contributed by atoms with van der Waals surface area (Å²) in [5.74, 6) is 0. The minimum Gasteiger partial charge on any atom is -0.398 e. The van der Waals surface area contributed by atoms with Gasteiger partial charge in [0.15, 0.2) is 0 Å². The van der Waals surface area contributed by atoms with Gasteiger partial charge in [-0.15, -0.1) is 0 Å². The minimum absolute atomic E-state index is 0.307. The third-order valence-electron chi connectivity index (χ3n) is 3.61. The van der Waals surface area contributed by atoms with E-state index in [1.165, 1.54) is 25.7 Å². The average molecular weight is 251 g/mol. The molecule has 1 aliphatic carbocycles. The third kappa shape index (κ3) is 2.89. The Balaban J connectivity index is 2.20. The standard InChI is InChI=1S/C14H21NOS/c1-11-7-6-10-13(14(11)15)17(16)12-8-4-2-3-5-9-12/h6-7,10,12H,2-5,8-9,15H2,1H3. The van der Waals surface area contributed by atoms with Crippen LogP contribution in [0.15, 0.2) is 23.1 Å². The predicted molar refractivity (Wildman–Crippen MR) is 73.5 cm³/mol. The first-order valence-corrected chi connectivity index (χ1v) is 7.67. The Hall–Kier alpha value is -0.830. The number of aryl methyl sites for hydroxylation is 1. The molecule has 2 nitrogen and oxygen atoms in total. The van der Waals surface area contributed by atoms with Crippen molar-refractivity contribution >= 4 is 16.5 Å². The molecule has 1 atom stereocenters. The number of benzene rings is 1. The molecule has 1 unspecified atom stereocenters. The molecule has 17 heavy (non-hydrogen) atoms. The van der Waals surface area contributed by atoms with E-state index in [9.17, 15) is 4.21 Å². The van der Waals surface area contributed by atoms with Crippen LogP contribution in [-0.2, 0) is 10.8 Å². The van der Waals surface area contributed by atoms with Crippen LogP contribution >= 0.6 is 0 Å². The van der Waals surface area contributed by atoms with Crippen molar-refractivity contribution in [3.05, 3.63) is 23.8 Å². The number of nitrogens with two attached hydrogens (primary N) is 1. The Kier molecular flexibility index (Phi) is 4.21. The summed E-state index contributed by atoms with van der Waals surface area (Å²) < 4.78 is 12.6. The molecule has 0 heterocycles. The van der Waals surface area contributed by atoms with Crippen LogP contribution in [-0.4, -0.2) is 9.46 Å². The fourth-order valence-corrected chi connectivity index (χ4v) is 4.18. The van der Waals surface area contributed by atoms with Crippen LogP contribution in [0.1, 0.15) is 44.1 Å². The van der Waals surface area contributed by atoms with Crippen LogP contribution in [0.4, 0.5) is 5.69 Å². The molecule has 1 fully saturated rings. The molecular formula is C14H21NOS. The van der Waals surface area contributed by atoms with E-state index in [4.69, 9.17) is 5.73 Å². The first-order chi connectivity index (χ1) is 8.20. The monoisotopic (exact) mass is 251 g/mol. The van der Waals surface area contributed by atoms with Gasteiger partial charge in [0.1, 0.15) is 0 Å². The summed E-state index contributed by atoms with van der Waals surface area (Å²) in [5, 5.41) is 0.307. The van der Waals surface area contributed by atoms with Crippen LogP contribution in [0.5, 0.6) is 0 Å². The smallest absolute Gasteiger partial charge is 0.0622 e. The van der Waals surface area contributed by atoms with Crippen molar-refractivity contribution in [2.24, 2.45) is 0 Å². The normalized spacial score (nSPS) is 19.8. The highest BCUT2D eigenvalue weighted by Gasteiger charge is 2.21. The van der Waals surface area contributed by atoms with E-state index < -0.39 is 10.8 Å². The van der Waals surface area contributed by atoms with Crippen LogP contribution in [0, 0.1) is 6.92 Å². The molecule has 0 saturated heterocycles. The highest BCUT2D eigenvalue weighted by molar-refractivity contribution is 7.85. The highest BCUT2D eigenvalue weighted by Crippen LogP contribution is 2.28. The molecule has 2 N–H and O–H groups in total. The van der Waals surface area contributed by atoms with Gasteiger partial charge in [-0.25, -0.2) is 0 Å². The number of nitrogen functional groups attached to an aromatic ring is 1. The Labute approximate surface area is 106 Å². The Morgan fingerprint density at radius 1 is 1.18 bits per heavy atom. The van der Waals surface area contributed by atoms with Crippen LogP contribution in [0.2, 0.25) is 0 Å². The van der Waals surface area contributed by atoms with Gasteiger partial charge in [-0.3, -0.25) is 4.21 Å². The van der Waals surface area contributed by atoms with Crippen molar-refractivity contribution in [1.82, 2.24) is 0 Å². The molecule has 0 amide bonds. The number of hydrogen-bond donors (Lipinski definition) is 1. The van der Waals surface area contributed by atoms with E-state index in [1.54, 1.807) is 0 Å². The molecule has 1 aromatic carbocycles. The van der Waals surface area contributed by atoms with Gasteiger partial charge in [-0.2, -0.15) is 0 Å².